The Morgan fingerprint density at radius 1 is 1.13 bits per heavy atom. The summed E-state index contributed by atoms with van der Waals surface area (Å²) in [6.45, 7) is 10.4. The van der Waals surface area contributed by atoms with E-state index in [1.54, 1.807) is 0 Å². The Kier molecular flexibility index (Phi) is 3.60. The van der Waals surface area contributed by atoms with Crippen molar-refractivity contribution in [3.05, 3.63) is 40.8 Å². The van der Waals surface area contributed by atoms with Crippen molar-refractivity contribution < 1.29 is 0 Å². The van der Waals surface area contributed by atoms with Gasteiger partial charge in [0.1, 0.15) is 22.9 Å². The van der Waals surface area contributed by atoms with Crippen LogP contribution >= 0.6 is 11.6 Å². The molecule has 4 nitrogen and oxygen atoms in total. The van der Waals surface area contributed by atoms with Crippen LogP contribution in [-0.4, -0.2) is 14.5 Å². The molecule has 23 heavy (non-hydrogen) atoms. The lowest BCUT2D eigenvalue weighted by Crippen LogP contribution is -2.22. The molecule has 0 spiro atoms. The summed E-state index contributed by atoms with van der Waals surface area (Å²) in [7, 11) is 0. The molecule has 0 atom stereocenters. The van der Waals surface area contributed by atoms with Gasteiger partial charge in [0.15, 0.2) is 0 Å². The molecular formula is C18H21ClN4. The molecule has 1 aromatic carbocycles. The van der Waals surface area contributed by atoms with Gasteiger partial charge in [-0.25, -0.2) is 9.97 Å². The first-order valence-electron chi connectivity index (χ1n) is 7.60. The smallest absolute Gasteiger partial charge is 0.147 e. The summed E-state index contributed by atoms with van der Waals surface area (Å²) < 4.78 is 2.03. The molecule has 2 aromatic heterocycles. The number of nitrogens with zero attached hydrogens (tertiary/aromatic N) is 3. The van der Waals surface area contributed by atoms with Gasteiger partial charge in [-0.1, -0.05) is 35.4 Å². The fourth-order valence-corrected chi connectivity index (χ4v) is 3.50. The zero-order chi connectivity index (χ0) is 16.9. The van der Waals surface area contributed by atoms with Gasteiger partial charge in [-0.2, -0.15) is 0 Å². The van der Waals surface area contributed by atoms with Gasteiger partial charge in [-0.05, 0) is 45.7 Å². The van der Waals surface area contributed by atoms with Crippen molar-refractivity contribution in [2.75, 3.05) is 5.73 Å². The maximum absolute atomic E-state index is 6.81. The molecule has 0 aliphatic rings. The van der Waals surface area contributed by atoms with E-state index in [0.29, 0.717) is 11.0 Å². The van der Waals surface area contributed by atoms with E-state index in [0.717, 1.165) is 27.7 Å². The topological polar surface area (TPSA) is 56.7 Å². The van der Waals surface area contributed by atoms with Crippen LogP contribution < -0.4 is 5.73 Å². The van der Waals surface area contributed by atoms with E-state index in [-0.39, 0.29) is 5.54 Å². The highest BCUT2D eigenvalue weighted by molar-refractivity contribution is 6.35. The molecule has 0 amide bonds. The van der Waals surface area contributed by atoms with Crippen molar-refractivity contribution in [2.45, 2.75) is 40.2 Å². The van der Waals surface area contributed by atoms with Crippen LogP contribution in [0.4, 0.5) is 5.82 Å². The van der Waals surface area contributed by atoms with Crippen molar-refractivity contribution in [3.8, 4) is 11.1 Å². The van der Waals surface area contributed by atoms with E-state index >= 15 is 0 Å². The number of hydrogen-bond donors (Lipinski definition) is 1. The van der Waals surface area contributed by atoms with Crippen molar-refractivity contribution in [2.24, 2.45) is 0 Å². The Labute approximate surface area is 141 Å². The molecule has 0 saturated carbocycles. The minimum atomic E-state index is -0.216. The fourth-order valence-electron chi connectivity index (χ4n) is 2.97. The van der Waals surface area contributed by atoms with E-state index in [4.69, 9.17) is 17.3 Å². The average Bonchev–Trinajstić information content (AvgIpc) is 2.75. The third-order valence-corrected chi connectivity index (χ3v) is 4.41. The third-order valence-electron chi connectivity index (χ3n) is 4.05. The van der Waals surface area contributed by atoms with Crippen LogP contribution in [0, 0.1) is 13.8 Å². The summed E-state index contributed by atoms with van der Waals surface area (Å²) in [5.74, 6) is 0.454. The largest absolute Gasteiger partial charge is 0.383 e. The Bertz CT molecular complexity index is 904. The second-order valence-electron chi connectivity index (χ2n) is 6.95. The maximum atomic E-state index is 6.81. The molecule has 5 heteroatoms. The molecule has 120 valence electrons. The molecule has 0 bridgehead atoms. The van der Waals surface area contributed by atoms with Crippen LogP contribution in [0.5, 0.6) is 0 Å². The van der Waals surface area contributed by atoms with Gasteiger partial charge in [0.05, 0.1) is 5.39 Å². The van der Waals surface area contributed by atoms with E-state index in [2.05, 4.69) is 62.8 Å². The van der Waals surface area contributed by atoms with Gasteiger partial charge in [0.25, 0.3) is 0 Å². The van der Waals surface area contributed by atoms with E-state index in [9.17, 15) is 0 Å². The second kappa shape index (κ2) is 5.24. The van der Waals surface area contributed by atoms with E-state index < -0.39 is 0 Å². The fraction of sp³-hybridized carbons (Fsp3) is 0.333. The first-order chi connectivity index (χ1) is 10.7. The number of halogens is 1. The molecule has 0 aliphatic heterocycles. The number of nitrogen functional groups attached to an aromatic ring is 1. The Morgan fingerprint density at radius 3 is 2.48 bits per heavy atom. The lowest BCUT2D eigenvalue weighted by Gasteiger charge is -2.23. The molecule has 0 aliphatic carbocycles. The second-order valence-corrected chi connectivity index (χ2v) is 7.31. The Hall–Kier alpha value is -2.07. The summed E-state index contributed by atoms with van der Waals surface area (Å²) in [5.41, 5.74) is 11.0. The van der Waals surface area contributed by atoms with Gasteiger partial charge in [0, 0.05) is 11.1 Å². The van der Waals surface area contributed by atoms with Gasteiger partial charge in [0.2, 0.25) is 0 Å². The van der Waals surface area contributed by atoms with Crippen molar-refractivity contribution in [3.63, 3.8) is 0 Å². The van der Waals surface area contributed by atoms with Gasteiger partial charge in [-0.3, -0.25) is 0 Å². The molecule has 0 unspecified atom stereocenters. The number of benzene rings is 1. The van der Waals surface area contributed by atoms with Crippen molar-refractivity contribution >= 4 is 28.5 Å². The predicted molar refractivity (Wildman–Crippen MR) is 96.9 cm³/mol. The molecule has 2 N–H and O–H groups in total. The summed E-state index contributed by atoms with van der Waals surface area (Å²) in [5, 5.41) is 1.47. The predicted octanol–water partition coefficient (Wildman–Crippen LogP) is 4.71. The monoisotopic (exact) mass is 328 g/mol. The van der Waals surface area contributed by atoms with E-state index in [1.165, 1.54) is 11.9 Å². The van der Waals surface area contributed by atoms with Crippen LogP contribution in [0.3, 0.4) is 0 Å². The number of fused-ring (bicyclic) bond motifs is 1. The molecular weight excluding hydrogens is 308 g/mol. The number of hydrogen-bond acceptors (Lipinski definition) is 3. The van der Waals surface area contributed by atoms with Crippen molar-refractivity contribution in [1.82, 2.24) is 14.5 Å². The lowest BCUT2D eigenvalue weighted by molar-refractivity contribution is 0.409. The number of anilines is 1. The maximum Gasteiger partial charge on any atom is 0.147 e. The summed E-state index contributed by atoms with van der Waals surface area (Å²) in [4.78, 5) is 8.63. The van der Waals surface area contributed by atoms with Gasteiger partial charge in [-0.15, -0.1) is 0 Å². The van der Waals surface area contributed by atoms with Crippen LogP contribution in [-0.2, 0) is 5.54 Å². The molecule has 3 aromatic rings. The molecule has 0 fully saturated rings. The summed E-state index contributed by atoms with van der Waals surface area (Å²) in [6, 6.07) is 6.33. The highest BCUT2D eigenvalue weighted by Gasteiger charge is 2.27. The Morgan fingerprint density at radius 2 is 1.83 bits per heavy atom. The summed E-state index contributed by atoms with van der Waals surface area (Å²) in [6.07, 6.45) is 1.49. The highest BCUT2D eigenvalue weighted by atomic mass is 35.5. The third kappa shape index (κ3) is 2.47. The lowest BCUT2D eigenvalue weighted by atomic mass is 9.98. The van der Waals surface area contributed by atoms with E-state index in [1.807, 2.05) is 4.57 Å². The Balaban J connectivity index is 2.51. The summed E-state index contributed by atoms with van der Waals surface area (Å²) >= 11 is 6.81. The number of nitrogens with two attached hydrogens (primary N) is 1. The minimum absolute atomic E-state index is 0.216. The normalized spacial score (nSPS) is 12.1. The highest BCUT2D eigenvalue weighted by Crippen LogP contribution is 2.43. The minimum Gasteiger partial charge on any atom is -0.383 e. The van der Waals surface area contributed by atoms with Crippen LogP contribution in [0.1, 0.15) is 31.9 Å². The molecule has 0 saturated heterocycles. The zero-order valence-corrected chi connectivity index (χ0v) is 14.9. The zero-order valence-electron chi connectivity index (χ0n) is 14.1. The van der Waals surface area contributed by atoms with Gasteiger partial charge < -0.3 is 10.3 Å². The number of aryl methyl sites for hydroxylation is 2. The van der Waals surface area contributed by atoms with Crippen LogP contribution in [0.15, 0.2) is 24.5 Å². The quantitative estimate of drug-likeness (QED) is 0.704. The molecule has 0 radical (unpaired) electrons. The molecule has 3 rings (SSSR count). The first-order valence-corrected chi connectivity index (χ1v) is 7.98. The van der Waals surface area contributed by atoms with Crippen molar-refractivity contribution in [1.29, 1.82) is 0 Å². The van der Waals surface area contributed by atoms with Gasteiger partial charge >= 0.3 is 0 Å². The SMILES string of the molecule is Cc1ccc(C)c(-c2c(Cl)n(C(C)(C)C)c3ncnc(N)c23)c1. The first kappa shape index (κ1) is 15.8. The average molecular weight is 329 g/mol. The standard InChI is InChI=1S/C18H21ClN4/c1-10-6-7-11(2)12(8-10)13-14-16(20)21-9-22-17(14)23(15(13)19)18(3,4)5/h6-9H,1-5H3,(H2,20,21,22). The van der Waals surface area contributed by atoms with Crippen LogP contribution in [0.25, 0.3) is 22.2 Å². The van der Waals surface area contributed by atoms with Crippen LogP contribution in [0.2, 0.25) is 5.15 Å². The molecule has 2 heterocycles. The number of rotatable bonds is 1. The number of aromatic nitrogens is 3.